The maximum absolute atomic E-state index is 13.4. The molecule has 0 saturated carbocycles. The van der Waals surface area contributed by atoms with E-state index in [0.717, 1.165) is 60.3 Å². The van der Waals surface area contributed by atoms with E-state index in [4.69, 9.17) is 9.15 Å². The van der Waals surface area contributed by atoms with Gasteiger partial charge in [0.25, 0.3) is 0 Å². The first-order chi connectivity index (χ1) is 14.2. The molecule has 0 radical (unpaired) electrons. The van der Waals surface area contributed by atoms with Crippen LogP contribution in [0.3, 0.4) is 0 Å². The molecule has 2 aromatic carbocycles. The number of fused-ring (bicyclic) bond motifs is 1. The van der Waals surface area contributed by atoms with Crippen molar-refractivity contribution in [1.29, 1.82) is 0 Å². The van der Waals surface area contributed by atoms with Crippen LogP contribution < -0.4 is 9.46 Å². The van der Waals surface area contributed by atoms with E-state index in [1.54, 1.807) is 0 Å². The van der Waals surface area contributed by atoms with Gasteiger partial charge in [0.05, 0.1) is 12.2 Å². The predicted octanol–water partition coefficient (Wildman–Crippen LogP) is 6.88. The molecule has 0 saturated heterocycles. The minimum absolute atomic E-state index is 0.00346. The smallest absolute Gasteiger partial charge is 0.197 e. The number of furan rings is 1. The first-order valence-electron chi connectivity index (χ1n) is 10.3. The molecular formula is C24H29NO3S. The van der Waals surface area contributed by atoms with Crippen molar-refractivity contribution in [2.45, 2.75) is 46.0 Å². The first kappa shape index (κ1) is 21.3. The minimum Gasteiger partial charge on any atom is -0.494 e. The average molecular weight is 412 g/mol. The van der Waals surface area contributed by atoms with Gasteiger partial charge >= 0.3 is 0 Å². The number of anilines is 1. The number of hydrogen-bond acceptors (Lipinski definition) is 5. The molecule has 0 bridgehead atoms. The normalized spacial score (nSPS) is 11.0. The van der Waals surface area contributed by atoms with Gasteiger partial charge in [-0.2, -0.15) is 0 Å². The van der Waals surface area contributed by atoms with E-state index in [2.05, 4.69) is 18.6 Å². The predicted molar refractivity (Wildman–Crippen MR) is 122 cm³/mol. The molecule has 0 aliphatic rings. The Balaban J connectivity index is 1.94. The summed E-state index contributed by atoms with van der Waals surface area (Å²) in [6.45, 7) is 4.97. The number of ketones is 1. The van der Waals surface area contributed by atoms with Crippen LogP contribution in [0.1, 0.15) is 61.2 Å². The number of benzene rings is 2. The van der Waals surface area contributed by atoms with Crippen LogP contribution in [0.15, 0.2) is 46.9 Å². The summed E-state index contributed by atoms with van der Waals surface area (Å²) in [6, 6.07) is 13.3. The summed E-state index contributed by atoms with van der Waals surface area (Å²) >= 11 is 1.52. The van der Waals surface area contributed by atoms with Crippen molar-refractivity contribution >= 4 is 34.4 Å². The van der Waals surface area contributed by atoms with E-state index in [-0.39, 0.29) is 5.78 Å². The van der Waals surface area contributed by atoms with Crippen LogP contribution in [0.2, 0.25) is 0 Å². The summed E-state index contributed by atoms with van der Waals surface area (Å²) in [6.07, 6.45) is 6.89. The molecule has 0 amide bonds. The van der Waals surface area contributed by atoms with Crippen molar-refractivity contribution in [2.24, 2.45) is 0 Å². The van der Waals surface area contributed by atoms with E-state index >= 15 is 0 Å². The van der Waals surface area contributed by atoms with Gasteiger partial charge in [0.2, 0.25) is 0 Å². The maximum Gasteiger partial charge on any atom is 0.197 e. The van der Waals surface area contributed by atoms with Crippen LogP contribution in [0, 0.1) is 0 Å². The van der Waals surface area contributed by atoms with Crippen LogP contribution >= 0.6 is 11.9 Å². The molecule has 0 aliphatic carbocycles. The Morgan fingerprint density at radius 2 is 1.83 bits per heavy atom. The molecule has 29 heavy (non-hydrogen) atoms. The van der Waals surface area contributed by atoms with Gasteiger partial charge in [-0.1, -0.05) is 38.6 Å². The number of carbonyl (C=O) groups excluding carboxylic acids is 1. The number of hydrogen-bond donors (Lipinski definition) is 1. The van der Waals surface area contributed by atoms with E-state index in [1.807, 2.05) is 48.7 Å². The molecule has 4 nitrogen and oxygen atoms in total. The minimum atomic E-state index is -0.00346. The molecule has 154 valence electrons. The fraction of sp³-hybridized carbons (Fsp3) is 0.375. The zero-order chi connectivity index (χ0) is 20.6. The summed E-state index contributed by atoms with van der Waals surface area (Å²) in [5, 5.41) is 0.864. The number of rotatable bonds is 11. The molecule has 0 spiro atoms. The quantitative estimate of drug-likeness (QED) is 0.212. The Hall–Kier alpha value is -2.40. The summed E-state index contributed by atoms with van der Waals surface area (Å²) in [7, 11) is 0. The highest BCUT2D eigenvalue weighted by Gasteiger charge is 2.22. The Morgan fingerprint density at radius 1 is 1.07 bits per heavy atom. The molecule has 0 fully saturated rings. The highest BCUT2D eigenvalue weighted by atomic mass is 32.2. The Bertz CT molecular complexity index is 947. The second-order valence-corrected chi connectivity index (χ2v) is 7.69. The number of nitrogens with one attached hydrogen (secondary N) is 1. The van der Waals surface area contributed by atoms with Gasteiger partial charge in [-0.15, -0.1) is 0 Å². The van der Waals surface area contributed by atoms with Crippen molar-refractivity contribution in [3.8, 4) is 5.75 Å². The van der Waals surface area contributed by atoms with Crippen LogP contribution in [0.5, 0.6) is 5.75 Å². The Kier molecular flexibility index (Phi) is 7.64. The summed E-state index contributed by atoms with van der Waals surface area (Å²) in [5.74, 6) is 1.57. The molecule has 3 rings (SSSR count). The van der Waals surface area contributed by atoms with Crippen LogP contribution in [0.25, 0.3) is 11.0 Å². The van der Waals surface area contributed by atoms with Crippen molar-refractivity contribution in [3.05, 3.63) is 59.4 Å². The Morgan fingerprint density at radius 3 is 2.52 bits per heavy atom. The maximum atomic E-state index is 13.4. The molecule has 5 heteroatoms. The lowest BCUT2D eigenvalue weighted by molar-refractivity contribution is 0.103. The zero-order valence-electron chi connectivity index (χ0n) is 17.4. The van der Waals surface area contributed by atoms with Gasteiger partial charge in [-0.25, -0.2) is 0 Å². The van der Waals surface area contributed by atoms with Crippen molar-refractivity contribution < 1.29 is 13.9 Å². The fourth-order valence-corrected chi connectivity index (χ4v) is 3.64. The van der Waals surface area contributed by atoms with Crippen LogP contribution in [-0.2, 0) is 6.42 Å². The van der Waals surface area contributed by atoms with Gasteiger partial charge in [-0.3, -0.25) is 4.79 Å². The second kappa shape index (κ2) is 10.4. The zero-order valence-corrected chi connectivity index (χ0v) is 18.2. The third kappa shape index (κ3) is 5.15. The number of carbonyl (C=O) groups is 1. The lowest BCUT2D eigenvalue weighted by atomic mass is 9.98. The van der Waals surface area contributed by atoms with E-state index in [9.17, 15) is 4.79 Å². The van der Waals surface area contributed by atoms with Gasteiger partial charge in [0, 0.05) is 29.3 Å². The molecule has 1 heterocycles. The molecule has 0 atom stereocenters. The van der Waals surface area contributed by atoms with Gasteiger partial charge in [0.1, 0.15) is 17.1 Å². The summed E-state index contributed by atoms with van der Waals surface area (Å²) in [4.78, 5) is 13.4. The second-order valence-electron chi connectivity index (χ2n) is 7.08. The monoisotopic (exact) mass is 411 g/mol. The van der Waals surface area contributed by atoms with Crippen molar-refractivity contribution in [2.75, 3.05) is 17.6 Å². The molecule has 1 aromatic heterocycles. The highest BCUT2D eigenvalue weighted by Crippen LogP contribution is 2.32. The summed E-state index contributed by atoms with van der Waals surface area (Å²) < 4.78 is 15.0. The third-order valence-corrected chi connectivity index (χ3v) is 5.29. The number of ether oxygens (including phenoxy) is 1. The first-order valence-corrected chi connectivity index (χ1v) is 11.5. The van der Waals surface area contributed by atoms with Gasteiger partial charge < -0.3 is 13.9 Å². The standard InChI is InChI=1S/C24H29NO3S/c1-4-6-8-22-23(20-16-18(25-29-3)11-14-21(20)28-22)24(26)17-9-12-19(13-10-17)27-15-7-5-2/h9-14,16,25H,4-8,15H2,1-3H3. The SMILES string of the molecule is CCCCOc1ccc(C(=O)c2c(CCCC)oc3ccc(NSC)cc23)cc1. The van der Waals surface area contributed by atoms with E-state index in [0.29, 0.717) is 17.7 Å². The fourth-order valence-electron chi connectivity index (χ4n) is 3.27. The lowest BCUT2D eigenvalue weighted by Gasteiger charge is -2.07. The van der Waals surface area contributed by atoms with Crippen LogP contribution in [0.4, 0.5) is 5.69 Å². The Labute approximate surface area is 177 Å². The van der Waals surface area contributed by atoms with E-state index < -0.39 is 0 Å². The van der Waals surface area contributed by atoms with Crippen molar-refractivity contribution in [1.82, 2.24) is 0 Å². The largest absolute Gasteiger partial charge is 0.494 e. The number of aryl methyl sites for hydroxylation is 1. The molecule has 0 unspecified atom stereocenters. The molecular weight excluding hydrogens is 382 g/mol. The molecule has 1 N–H and O–H groups in total. The topological polar surface area (TPSA) is 51.5 Å². The molecule has 3 aromatic rings. The van der Waals surface area contributed by atoms with Gasteiger partial charge in [0.15, 0.2) is 5.78 Å². The van der Waals surface area contributed by atoms with Crippen LogP contribution in [-0.4, -0.2) is 18.6 Å². The lowest BCUT2D eigenvalue weighted by Crippen LogP contribution is -2.04. The average Bonchev–Trinajstić information content (AvgIpc) is 3.10. The third-order valence-electron chi connectivity index (χ3n) is 4.85. The van der Waals surface area contributed by atoms with E-state index in [1.165, 1.54) is 11.9 Å². The summed E-state index contributed by atoms with van der Waals surface area (Å²) in [5.41, 5.74) is 3.04. The van der Waals surface area contributed by atoms with Crippen molar-refractivity contribution in [3.63, 3.8) is 0 Å². The molecule has 0 aliphatic heterocycles. The number of unbranched alkanes of at least 4 members (excludes halogenated alkanes) is 2. The van der Waals surface area contributed by atoms with Gasteiger partial charge in [-0.05, 0) is 55.3 Å². The highest BCUT2D eigenvalue weighted by molar-refractivity contribution is 7.99.